The number of ether oxygens (including phenoxy) is 1. The van der Waals surface area contributed by atoms with Gasteiger partial charge in [-0.05, 0) is 172 Å². The lowest BCUT2D eigenvalue weighted by Crippen LogP contribution is -3.23. The minimum atomic E-state index is -4.31. The summed E-state index contributed by atoms with van der Waals surface area (Å²) in [7, 11) is 0. The first kappa shape index (κ1) is 43.0. The molecule has 7 aromatic rings. The van der Waals surface area contributed by atoms with E-state index < -0.39 is 13.0 Å². The van der Waals surface area contributed by atoms with Gasteiger partial charge in [-0.2, -0.15) is 10.5 Å². The average molecular weight is 853 g/mol. The fraction of sp³-hybridized carbons (Fsp3) is 0.327. The lowest BCUT2D eigenvalue weighted by atomic mass is 9.79. The van der Waals surface area contributed by atoms with E-state index in [1.165, 1.54) is 59.8 Å². The number of carbonyl (C=O) groups excluding carboxylic acids is 1. The maximum Gasteiger partial charge on any atom is 0.664 e. The van der Waals surface area contributed by atoms with Gasteiger partial charge in [-0.15, -0.1) is 0 Å². The predicted octanol–water partition coefficient (Wildman–Crippen LogP) is 12.3. The van der Waals surface area contributed by atoms with Crippen molar-refractivity contribution in [3.05, 3.63) is 139 Å². The number of esters is 1. The van der Waals surface area contributed by atoms with E-state index in [1.807, 2.05) is 13.8 Å². The van der Waals surface area contributed by atoms with Gasteiger partial charge in [0.25, 0.3) is 0 Å². The molecule has 1 N–H and O–H groups in total. The van der Waals surface area contributed by atoms with E-state index >= 15 is 8.63 Å². The zero-order valence-electron chi connectivity index (χ0n) is 39.0. The second-order valence-electron chi connectivity index (χ2n) is 20.5. The molecule has 2 aliphatic rings. The van der Waals surface area contributed by atoms with Gasteiger partial charge < -0.3 is 22.7 Å². The maximum atomic E-state index is 16.8. The summed E-state index contributed by atoms with van der Waals surface area (Å²) in [6.45, 7) is 19.8. The molecule has 0 saturated heterocycles. The molecular formula is C55H55BF2N4O2. The number of nitrogens with zero attached hydrogens (tertiary/aromatic N) is 3. The molecule has 64 heavy (non-hydrogen) atoms. The molecule has 0 fully saturated rings. The summed E-state index contributed by atoms with van der Waals surface area (Å²) in [4.78, 5) is 13.5. The molecule has 324 valence electrons. The van der Waals surface area contributed by atoms with Gasteiger partial charge in [0.1, 0.15) is 23.6 Å². The molecule has 0 aliphatic carbocycles. The van der Waals surface area contributed by atoms with Crippen molar-refractivity contribution < 1.29 is 23.0 Å². The van der Waals surface area contributed by atoms with Crippen molar-refractivity contribution in [3.8, 4) is 17.9 Å². The Bertz CT molecular complexity index is 3250. The lowest BCUT2D eigenvalue weighted by molar-refractivity contribution is -0.782. The van der Waals surface area contributed by atoms with Crippen LogP contribution in [0.2, 0.25) is 0 Å². The molecule has 3 heterocycles. The van der Waals surface area contributed by atoms with Crippen LogP contribution in [0.3, 0.4) is 0 Å². The number of nitrogens with one attached hydrogen (secondary N) is 1. The summed E-state index contributed by atoms with van der Waals surface area (Å²) in [6.07, 6.45) is 1.50. The predicted molar refractivity (Wildman–Crippen MR) is 256 cm³/mol. The second kappa shape index (κ2) is 14.6. The van der Waals surface area contributed by atoms with Gasteiger partial charge in [0.05, 0.1) is 22.8 Å². The second-order valence-corrected chi connectivity index (χ2v) is 20.5. The molecule has 6 aromatic carbocycles. The minimum absolute atomic E-state index is 0.0214. The van der Waals surface area contributed by atoms with Crippen LogP contribution in [0.15, 0.2) is 83.6 Å². The normalized spacial score (nSPS) is 17.4. The molecule has 0 amide bonds. The molecule has 0 bridgehead atoms. The van der Waals surface area contributed by atoms with Crippen molar-refractivity contribution in [1.29, 1.82) is 10.5 Å². The molecule has 0 saturated carbocycles. The van der Waals surface area contributed by atoms with Gasteiger partial charge >= 0.3 is 12.9 Å². The van der Waals surface area contributed by atoms with Crippen LogP contribution < -0.4 is 9.55 Å². The van der Waals surface area contributed by atoms with E-state index in [0.29, 0.717) is 52.3 Å². The average Bonchev–Trinajstić information content (AvgIpc) is 3.64. The molecule has 9 heteroatoms. The van der Waals surface area contributed by atoms with E-state index in [2.05, 4.69) is 108 Å². The number of hydrogen-bond donors (Lipinski definition) is 1. The maximum absolute atomic E-state index is 16.8. The van der Waals surface area contributed by atoms with Gasteiger partial charge in [0.2, 0.25) is 0 Å². The van der Waals surface area contributed by atoms with Crippen LogP contribution in [0, 0.1) is 50.4 Å². The Morgan fingerprint density at radius 1 is 0.797 bits per heavy atom. The molecule has 6 nitrogen and oxygen atoms in total. The van der Waals surface area contributed by atoms with Crippen LogP contribution in [0.1, 0.15) is 124 Å². The highest BCUT2D eigenvalue weighted by Crippen LogP contribution is 2.46. The summed E-state index contributed by atoms with van der Waals surface area (Å²) < 4.78 is 40.6. The van der Waals surface area contributed by atoms with Crippen LogP contribution in [0.25, 0.3) is 48.7 Å². The van der Waals surface area contributed by atoms with Crippen LogP contribution in [-0.4, -0.2) is 23.5 Å². The van der Waals surface area contributed by atoms with Gasteiger partial charge in [0, 0.05) is 23.4 Å². The number of halogens is 2. The molecule has 2 atom stereocenters. The lowest BCUT2D eigenvalue weighted by Gasteiger charge is -2.43. The smallest absolute Gasteiger partial charge is 0.427 e. The van der Waals surface area contributed by atoms with Crippen molar-refractivity contribution in [1.82, 2.24) is 4.48 Å². The van der Waals surface area contributed by atoms with Gasteiger partial charge in [0.15, 0.2) is 0 Å². The standard InChI is InChI=1S/C55H55BF2N4O2/c1-29-21-39(22-30(2)48(29)51-52-31(3)45(27-59)33(5)61(52)56(57,58)62-34(6)46(28-60)32(4)53(51)62)64-47(63)18-13-15-35-19-20-42-44-26-38(55(10,11)12)24-36-23-37(54(7,8)9)25-43(49(36)44)41-17-14-16-40(35)50(41)42/h14,16-17,19-26,33,61H,13,15,18H2,1-12H3. The molecule has 0 radical (unpaired) electrons. The van der Waals surface area contributed by atoms with Gasteiger partial charge in [-0.1, -0.05) is 84.0 Å². The molecule has 2 unspecified atom stereocenters. The SMILES string of the molecule is CC1=C(C#N)C(C)[NH+]2C1=C(c1c(C)cc(OC(=O)CCCc3ccc4c5cc(C(C)(C)C)cc6cc(C(C)(C)C)cc(c7cccc3c74)c65)cc1C)c1c(C)c(C#N)c(C)n1[B-]2(F)F. The Morgan fingerprint density at radius 2 is 1.39 bits per heavy atom. The fourth-order valence-corrected chi connectivity index (χ4v) is 11.2. The highest BCUT2D eigenvalue weighted by molar-refractivity contribution is 6.57. The number of carbonyl (C=O) groups is 1. The summed E-state index contributed by atoms with van der Waals surface area (Å²) in [5, 5.41) is 30.3. The number of hydrogen-bond acceptors (Lipinski definition) is 4. The summed E-state index contributed by atoms with van der Waals surface area (Å²) in [6, 6.07) is 27.8. The Labute approximate surface area is 374 Å². The van der Waals surface area contributed by atoms with Crippen molar-refractivity contribution in [2.75, 3.05) is 0 Å². The monoisotopic (exact) mass is 852 g/mol. The third kappa shape index (κ3) is 6.30. The molecule has 1 aromatic heterocycles. The minimum Gasteiger partial charge on any atom is -0.427 e. The number of nitriles is 2. The van der Waals surface area contributed by atoms with Gasteiger partial charge in [-0.3, -0.25) is 4.79 Å². The van der Waals surface area contributed by atoms with E-state index in [-0.39, 0.29) is 39.3 Å². The first-order valence-corrected chi connectivity index (χ1v) is 22.5. The zero-order chi connectivity index (χ0) is 46.1. The molecule has 2 aliphatic heterocycles. The fourth-order valence-electron chi connectivity index (χ4n) is 11.2. The number of quaternary nitrogens is 1. The summed E-state index contributed by atoms with van der Waals surface area (Å²) >= 11 is 0. The molecular weight excluding hydrogens is 797 g/mol. The van der Waals surface area contributed by atoms with Crippen molar-refractivity contribution in [2.45, 2.75) is 119 Å². The van der Waals surface area contributed by atoms with E-state index in [9.17, 15) is 15.3 Å². The Kier molecular flexibility index (Phi) is 9.82. The van der Waals surface area contributed by atoms with Crippen molar-refractivity contribution in [2.24, 2.45) is 0 Å². The topological polar surface area (TPSA) is 83.2 Å². The third-order valence-electron chi connectivity index (χ3n) is 14.4. The van der Waals surface area contributed by atoms with Crippen LogP contribution in [0.5, 0.6) is 5.75 Å². The largest absolute Gasteiger partial charge is 0.664 e. The number of benzene rings is 6. The summed E-state index contributed by atoms with van der Waals surface area (Å²) in [5.74, 6) is 0.0337. The molecule has 0 spiro atoms. The number of allylic oxidation sites excluding steroid dienone is 1. The van der Waals surface area contributed by atoms with E-state index in [4.69, 9.17) is 4.74 Å². The quantitative estimate of drug-likeness (QED) is 0.0594. The first-order chi connectivity index (χ1) is 30.1. The first-order valence-electron chi connectivity index (χ1n) is 22.5. The van der Waals surface area contributed by atoms with Crippen molar-refractivity contribution in [3.63, 3.8) is 0 Å². The van der Waals surface area contributed by atoms with Crippen molar-refractivity contribution >= 4 is 61.6 Å². The van der Waals surface area contributed by atoms with Crippen LogP contribution in [0.4, 0.5) is 8.63 Å². The Hall–Kier alpha value is -6.29. The van der Waals surface area contributed by atoms with Crippen LogP contribution in [-0.2, 0) is 22.0 Å². The Balaban J connectivity index is 1.03. The highest BCUT2D eigenvalue weighted by atomic mass is 19.2. The highest BCUT2D eigenvalue weighted by Gasteiger charge is 2.58. The van der Waals surface area contributed by atoms with Crippen LogP contribution >= 0.6 is 0 Å². The van der Waals surface area contributed by atoms with Gasteiger partial charge in [-0.25, -0.2) is 0 Å². The zero-order valence-corrected chi connectivity index (χ0v) is 39.0. The number of rotatable bonds is 6. The number of aromatic nitrogens is 1. The summed E-state index contributed by atoms with van der Waals surface area (Å²) in [5.41, 5.74) is 8.99. The Morgan fingerprint density at radius 3 is 1.97 bits per heavy atom. The third-order valence-corrected chi connectivity index (χ3v) is 14.4. The number of fused-ring (bicyclic) bond motifs is 4. The van der Waals surface area contributed by atoms with E-state index in [0.717, 1.165) is 21.2 Å². The number of aryl methyl sites for hydroxylation is 3. The van der Waals surface area contributed by atoms with E-state index in [1.54, 1.807) is 39.8 Å². The molecule has 9 rings (SSSR count).